The highest BCUT2D eigenvalue weighted by Gasteiger charge is 2.44. The lowest BCUT2D eigenvalue weighted by Crippen LogP contribution is -2.35. The van der Waals surface area contributed by atoms with Gasteiger partial charge in [-0.05, 0) is 32.9 Å². The van der Waals surface area contributed by atoms with Crippen LogP contribution in [0.4, 0.5) is 13.2 Å². The third kappa shape index (κ3) is 7.74. The lowest BCUT2D eigenvalue weighted by Gasteiger charge is -2.32. The first-order valence-corrected chi connectivity index (χ1v) is 7.77. The maximum absolute atomic E-state index is 10.7. The maximum Gasteiger partial charge on any atom is 0.522 e. The molecule has 1 heterocycles. The molecule has 1 aliphatic rings. The molecule has 0 aliphatic carbocycles. The van der Waals surface area contributed by atoms with Crippen LogP contribution < -0.4 is 0 Å². The number of rotatable bonds is 3. The van der Waals surface area contributed by atoms with Gasteiger partial charge in [0, 0.05) is 6.04 Å². The van der Waals surface area contributed by atoms with E-state index in [4.69, 9.17) is 13.0 Å². The molecular formula is C11H22F3NO3S. The Morgan fingerprint density at radius 2 is 1.84 bits per heavy atom. The second kappa shape index (κ2) is 8.06. The largest absolute Gasteiger partial charge is 0.522 e. The van der Waals surface area contributed by atoms with Crippen LogP contribution in [0.5, 0.6) is 0 Å². The molecule has 19 heavy (non-hydrogen) atoms. The van der Waals surface area contributed by atoms with Crippen LogP contribution in [-0.2, 0) is 10.1 Å². The zero-order valence-corrected chi connectivity index (χ0v) is 12.1. The van der Waals surface area contributed by atoms with Crippen molar-refractivity contribution in [2.45, 2.75) is 57.0 Å². The number of alkyl halides is 3. The van der Waals surface area contributed by atoms with Gasteiger partial charge in [-0.3, -0.25) is 4.55 Å². The Morgan fingerprint density at radius 1 is 1.32 bits per heavy atom. The molecule has 0 aromatic rings. The van der Waals surface area contributed by atoms with Crippen molar-refractivity contribution in [3.8, 4) is 0 Å². The highest BCUT2D eigenvalue weighted by molar-refractivity contribution is 7.86. The summed E-state index contributed by atoms with van der Waals surface area (Å²) in [5.41, 5.74) is -5.53. The Kier molecular flexibility index (Phi) is 7.92. The first-order chi connectivity index (χ1) is 8.59. The second-order valence-electron chi connectivity index (χ2n) is 4.69. The summed E-state index contributed by atoms with van der Waals surface area (Å²) in [7, 11) is -3.56. The fourth-order valence-corrected chi connectivity index (χ4v) is 1.95. The Labute approximate surface area is 112 Å². The van der Waals surface area contributed by atoms with Crippen LogP contribution in [0.15, 0.2) is 0 Å². The van der Waals surface area contributed by atoms with Gasteiger partial charge in [-0.2, -0.15) is 21.6 Å². The Balaban J connectivity index is 0.000000362. The van der Waals surface area contributed by atoms with Gasteiger partial charge in [0.25, 0.3) is 0 Å². The van der Waals surface area contributed by atoms with Gasteiger partial charge in [0.1, 0.15) is 0 Å². The average Bonchev–Trinajstić information content (AvgIpc) is 2.26. The molecule has 0 radical (unpaired) electrons. The fourth-order valence-electron chi connectivity index (χ4n) is 1.95. The molecule has 0 bridgehead atoms. The van der Waals surface area contributed by atoms with E-state index in [-0.39, 0.29) is 0 Å². The number of hydrogen-bond donors (Lipinski definition) is 1. The molecule has 116 valence electrons. The molecule has 0 spiro atoms. The van der Waals surface area contributed by atoms with Crippen molar-refractivity contribution in [1.82, 2.24) is 4.90 Å². The standard InChI is InChI=1S/C10H21N.CHF3O3S/c1-3-4-7-10-8-5-6-9-11(10)2;2-1(3,4)8(5,6)7/h10H,3-9H2,1-2H3;(H,5,6,7). The lowest BCUT2D eigenvalue weighted by molar-refractivity contribution is -0.0510. The zero-order chi connectivity index (χ0) is 15.1. The van der Waals surface area contributed by atoms with Crippen LogP contribution in [-0.4, -0.2) is 43.0 Å². The predicted octanol–water partition coefficient (Wildman–Crippen LogP) is 3.05. The first-order valence-electron chi connectivity index (χ1n) is 6.33. The minimum absolute atomic E-state index is 0.906. The van der Waals surface area contributed by atoms with E-state index in [0.717, 1.165) is 6.04 Å². The summed E-state index contributed by atoms with van der Waals surface area (Å²) in [5, 5.41) is 0. The van der Waals surface area contributed by atoms with Gasteiger partial charge in [-0.25, -0.2) is 0 Å². The SMILES string of the molecule is CCCCC1CCCCN1C.O=S(=O)(O)C(F)(F)F. The minimum Gasteiger partial charge on any atom is -0.303 e. The molecule has 0 amide bonds. The molecule has 1 fully saturated rings. The van der Waals surface area contributed by atoms with Gasteiger partial charge in [-0.15, -0.1) is 0 Å². The molecule has 1 unspecified atom stereocenters. The number of piperidine rings is 1. The average molecular weight is 305 g/mol. The van der Waals surface area contributed by atoms with Gasteiger partial charge in [0.2, 0.25) is 0 Å². The van der Waals surface area contributed by atoms with Gasteiger partial charge < -0.3 is 4.90 Å². The van der Waals surface area contributed by atoms with Crippen molar-refractivity contribution in [2.24, 2.45) is 0 Å². The van der Waals surface area contributed by atoms with Gasteiger partial charge in [-0.1, -0.05) is 26.2 Å². The molecule has 0 aromatic carbocycles. The summed E-state index contributed by atoms with van der Waals surface area (Å²) in [4.78, 5) is 2.54. The van der Waals surface area contributed by atoms with Crippen molar-refractivity contribution in [3.05, 3.63) is 0 Å². The monoisotopic (exact) mass is 305 g/mol. The smallest absolute Gasteiger partial charge is 0.303 e. The topological polar surface area (TPSA) is 57.6 Å². The van der Waals surface area contributed by atoms with E-state index in [9.17, 15) is 13.2 Å². The number of likely N-dealkylation sites (tertiary alicyclic amines) is 1. The summed E-state index contributed by atoms with van der Waals surface area (Å²) in [6.45, 7) is 3.61. The summed E-state index contributed by atoms with van der Waals surface area (Å²) < 4.78 is 57.5. The fraction of sp³-hybridized carbons (Fsp3) is 1.00. The number of unbranched alkanes of at least 4 members (excludes halogenated alkanes) is 1. The maximum atomic E-state index is 10.7. The van der Waals surface area contributed by atoms with Crippen LogP contribution in [0.2, 0.25) is 0 Å². The first kappa shape index (κ1) is 18.7. The van der Waals surface area contributed by atoms with E-state index in [0.29, 0.717) is 0 Å². The predicted molar refractivity (Wildman–Crippen MR) is 67.4 cm³/mol. The molecule has 0 saturated carbocycles. The van der Waals surface area contributed by atoms with Gasteiger partial charge in [0.15, 0.2) is 0 Å². The molecule has 1 aliphatic heterocycles. The van der Waals surface area contributed by atoms with Crippen LogP contribution >= 0.6 is 0 Å². The van der Waals surface area contributed by atoms with E-state index in [2.05, 4.69) is 18.9 Å². The number of halogens is 3. The summed E-state index contributed by atoms with van der Waals surface area (Å²) in [6, 6.07) is 0.906. The zero-order valence-electron chi connectivity index (χ0n) is 11.3. The molecule has 1 atom stereocenters. The third-order valence-electron chi connectivity index (χ3n) is 3.10. The van der Waals surface area contributed by atoms with E-state index in [1.165, 1.54) is 45.1 Å². The summed E-state index contributed by atoms with van der Waals surface area (Å²) in [6.07, 6.45) is 8.50. The highest BCUT2D eigenvalue weighted by Crippen LogP contribution is 2.20. The van der Waals surface area contributed by atoms with Crippen molar-refractivity contribution in [2.75, 3.05) is 13.6 Å². The second-order valence-corrected chi connectivity index (χ2v) is 6.11. The quantitative estimate of drug-likeness (QED) is 0.643. The highest BCUT2D eigenvalue weighted by atomic mass is 32.2. The number of nitrogens with zero attached hydrogens (tertiary/aromatic N) is 1. The van der Waals surface area contributed by atoms with Gasteiger partial charge >= 0.3 is 15.6 Å². The Morgan fingerprint density at radius 3 is 2.21 bits per heavy atom. The molecule has 8 heteroatoms. The van der Waals surface area contributed by atoms with Gasteiger partial charge in [0.05, 0.1) is 0 Å². The Bertz CT molecular complexity index is 344. The van der Waals surface area contributed by atoms with Crippen molar-refractivity contribution >= 4 is 10.1 Å². The summed E-state index contributed by atoms with van der Waals surface area (Å²) >= 11 is 0. The number of hydrogen-bond acceptors (Lipinski definition) is 3. The molecule has 1 N–H and O–H groups in total. The van der Waals surface area contributed by atoms with Crippen LogP contribution in [0.1, 0.15) is 45.4 Å². The van der Waals surface area contributed by atoms with Crippen LogP contribution in [0.3, 0.4) is 0 Å². The molecule has 0 aromatic heterocycles. The van der Waals surface area contributed by atoms with E-state index < -0.39 is 15.6 Å². The summed E-state index contributed by atoms with van der Waals surface area (Å²) in [5.74, 6) is 0. The molecule has 1 saturated heterocycles. The van der Waals surface area contributed by atoms with Crippen molar-refractivity contribution in [3.63, 3.8) is 0 Å². The molecular weight excluding hydrogens is 283 g/mol. The molecule has 1 rings (SSSR count). The van der Waals surface area contributed by atoms with Crippen molar-refractivity contribution < 1.29 is 26.1 Å². The van der Waals surface area contributed by atoms with E-state index in [1.807, 2.05) is 0 Å². The van der Waals surface area contributed by atoms with Crippen LogP contribution in [0, 0.1) is 0 Å². The Hall–Kier alpha value is -0.340. The van der Waals surface area contributed by atoms with E-state index in [1.54, 1.807) is 0 Å². The third-order valence-corrected chi connectivity index (χ3v) is 3.69. The minimum atomic E-state index is -5.84. The van der Waals surface area contributed by atoms with E-state index >= 15 is 0 Å². The lowest BCUT2D eigenvalue weighted by atomic mass is 9.98. The van der Waals surface area contributed by atoms with Crippen molar-refractivity contribution in [1.29, 1.82) is 0 Å². The molecule has 4 nitrogen and oxygen atoms in total. The normalized spacial score (nSPS) is 21.7. The van der Waals surface area contributed by atoms with Crippen LogP contribution in [0.25, 0.3) is 0 Å².